The predicted octanol–water partition coefficient (Wildman–Crippen LogP) is 3.38. The lowest BCUT2D eigenvalue weighted by atomic mass is 9.72. The zero-order valence-corrected chi connectivity index (χ0v) is 26.1. The van der Waals surface area contributed by atoms with Crippen LogP contribution in [-0.2, 0) is 15.6 Å². The zero-order chi connectivity index (χ0) is 31.6. The molecule has 2 N–H and O–H groups in total. The van der Waals surface area contributed by atoms with Gasteiger partial charge in [0.15, 0.2) is 0 Å². The van der Waals surface area contributed by atoms with E-state index in [0.717, 1.165) is 38.0 Å². The molecular weight excluding hydrogens is 568 g/mol. The van der Waals surface area contributed by atoms with Gasteiger partial charge in [-0.15, -0.1) is 5.10 Å². The first-order valence-electron chi connectivity index (χ1n) is 15.5. The van der Waals surface area contributed by atoms with Crippen LogP contribution in [0.2, 0.25) is 0 Å². The number of nitrogens with two attached hydrogens (primary N) is 1. The van der Waals surface area contributed by atoms with Crippen molar-refractivity contribution in [3.63, 3.8) is 0 Å². The number of ether oxygens (including phenoxy) is 1. The molecule has 1 unspecified atom stereocenters. The molecule has 6 rings (SSSR count). The van der Waals surface area contributed by atoms with Gasteiger partial charge in [0.1, 0.15) is 12.1 Å². The van der Waals surface area contributed by atoms with Gasteiger partial charge in [-0.3, -0.25) is 14.6 Å². The molecule has 2 aromatic heterocycles. The predicted molar refractivity (Wildman–Crippen MR) is 169 cm³/mol. The SMILES string of the molecule is COc1ccc(-n2cnnn2)cc1C(=O)N1CCC(CCN2CCC(C(N)=O)(c3ccncc3)CC2)(c2ccc(C)c(C)c2)C1. The highest BCUT2D eigenvalue weighted by Gasteiger charge is 2.44. The van der Waals surface area contributed by atoms with Gasteiger partial charge in [-0.1, -0.05) is 18.2 Å². The van der Waals surface area contributed by atoms with E-state index in [1.807, 2.05) is 23.1 Å². The molecular formula is C34H40N8O3. The van der Waals surface area contributed by atoms with Gasteiger partial charge < -0.3 is 20.3 Å². The fraction of sp³-hybridized carbons (Fsp3) is 0.412. The van der Waals surface area contributed by atoms with E-state index >= 15 is 0 Å². The quantitative estimate of drug-likeness (QED) is 0.306. The Kier molecular flexibility index (Phi) is 8.37. The Morgan fingerprint density at radius 3 is 2.38 bits per heavy atom. The lowest BCUT2D eigenvalue weighted by Gasteiger charge is -2.41. The summed E-state index contributed by atoms with van der Waals surface area (Å²) in [6, 6.07) is 15.9. The van der Waals surface area contributed by atoms with E-state index in [-0.39, 0.29) is 17.2 Å². The number of hydrogen-bond acceptors (Lipinski definition) is 8. The molecule has 2 saturated heterocycles. The van der Waals surface area contributed by atoms with E-state index in [4.69, 9.17) is 10.5 Å². The molecule has 2 aliphatic heterocycles. The Labute approximate surface area is 263 Å². The Bertz CT molecular complexity index is 1670. The average molecular weight is 609 g/mol. The van der Waals surface area contributed by atoms with Crippen LogP contribution in [0.4, 0.5) is 0 Å². The number of methoxy groups -OCH3 is 1. The van der Waals surface area contributed by atoms with Crippen LogP contribution in [0.15, 0.2) is 67.3 Å². The molecule has 2 amide bonds. The topological polar surface area (TPSA) is 132 Å². The molecule has 0 spiro atoms. The molecule has 2 aliphatic rings. The Morgan fingerprint density at radius 2 is 1.71 bits per heavy atom. The van der Waals surface area contributed by atoms with Crippen molar-refractivity contribution in [2.24, 2.45) is 5.73 Å². The summed E-state index contributed by atoms with van der Waals surface area (Å²) in [7, 11) is 1.58. The highest BCUT2D eigenvalue weighted by molar-refractivity contribution is 5.98. The number of amides is 2. The summed E-state index contributed by atoms with van der Waals surface area (Å²) < 4.78 is 7.13. The Balaban J connectivity index is 1.23. The number of rotatable bonds is 9. The first-order valence-corrected chi connectivity index (χ1v) is 15.5. The number of aryl methyl sites for hydroxylation is 2. The van der Waals surface area contributed by atoms with Crippen molar-refractivity contribution in [2.75, 3.05) is 39.8 Å². The van der Waals surface area contributed by atoms with Gasteiger partial charge in [0, 0.05) is 30.9 Å². The van der Waals surface area contributed by atoms with Crippen LogP contribution in [0.1, 0.15) is 58.3 Å². The number of piperidine rings is 1. The van der Waals surface area contributed by atoms with E-state index in [9.17, 15) is 9.59 Å². The number of hydrogen-bond donors (Lipinski definition) is 1. The second kappa shape index (κ2) is 12.4. The lowest BCUT2D eigenvalue weighted by molar-refractivity contribution is -0.125. The summed E-state index contributed by atoms with van der Waals surface area (Å²) in [6.07, 6.45) is 8.04. The minimum Gasteiger partial charge on any atom is -0.496 e. The van der Waals surface area contributed by atoms with Crippen LogP contribution in [0.5, 0.6) is 5.75 Å². The number of primary amides is 1. The van der Waals surface area contributed by atoms with Gasteiger partial charge in [0.2, 0.25) is 5.91 Å². The fourth-order valence-corrected chi connectivity index (χ4v) is 7.04. The fourth-order valence-electron chi connectivity index (χ4n) is 7.04. The van der Waals surface area contributed by atoms with Gasteiger partial charge in [-0.05, 0) is 122 Å². The molecule has 2 fully saturated rings. The first kappa shape index (κ1) is 30.4. The minimum absolute atomic E-state index is 0.0750. The summed E-state index contributed by atoms with van der Waals surface area (Å²) in [5, 5.41) is 11.4. The summed E-state index contributed by atoms with van der Waals surface area (Å²) in [5.74, 6) is 0.166. The minimum atomic E-state index is -0.669. The molecule has 4 aromatic rings. The van der Waals surface area contributed by atoms with Crippen LogP contribution in [0.25, 0.3) is 5.69 Å². The van der Waals surface area contributed by atoms with Gasteiger partial charge in [0.05, 0.1) is 23.8 Å². The van der Waals surface area contributed by atoms with Crippen molar-refractivity contribution in [2.45, 2.75) is 50.4 Å². The Hall–Kier alpha value is -4.64. The monoisotopic (exact) mass is 608 g/mol. The normalized spacial score (nSPS) is 19.8. The van der Waals surface area contributed by atoms with Gasteiger partial charge in [-0.25, -0.2) is 4.68 Å². The molecule has 11 nitrogen and oxygen atoms in total. The number of benzene rings is 2. The van der Waals surface area contributed by atoms with Crippen molar-refractivity contribution in [1.82, 2.24) is 35.0 Å². The number of pyridine rings is 1. The molecule has 0 radical (unpaired) electrons. The molecule has 11 heteroatoms. The first-order chi connectivity index (χ1) is 21.7. The molecule has 1 atom stereocenters. The highest BCUT2D eigenvalue weighted by Crippen LogP contribution is 2.41. The van der Waals surface area contributed by atoms with Crippen LogP contribution in [0.3, 0.4) is 0 Å². The molecule has 234 valence electrons. The molecule has 2 aromatic carbocycles. The van der Waals surface area contributed by atoms with Crippen LogP contribution in [0, 0.1) is 13.8 Å². The standard InChI is InChI=1S/C34H40N8O3/c1-24-4-5-27(20-25(24)2)33(10-16-40-17-12-34(13-18-40,32(35)44)26-8-14-36-15-9-26)11-19-41(22-33)31(43)29-21-28(6-7-30(29)45-3)42-23-37-38-39-42/h4-9,14-15,20-21,23H,10-13,16-19,22H2,1-3H3,(H2,35,44). The van der Waals surface area contributed by atoms with E-state index in [0.29, 0.717) is 42.9 Å². The lowest BCUT2D eigenvalue weighted by Crippen LogP contribution is -2.50. The van der Waals surface area contributed by atoms with Crippen molar-refractivity contribution >= 4 is 11.8 Å². The average Bonchev–Trinajstić information content (AvgIpc) is 3.77. The summed E-state index contributed by atoms with van der Waals surface area (Å²) in [4.78, 5) is 35.3. The Morgan fingerprint density at radius 1 is 0.933 bits per heavy atom. The van der Waals surface area contributed by atoms with Crippen molar-refractivity contribution in [3.05, 3.63) is 95.1 Å². The van der Waals surface area contributed by atoms with Crippen molar-refractivity contribution in [1.29, 1.82) is 0 Å². The summed E-state index contributed by atoms with van der Waals surface area (Å²) in [6.45, 7) is 7.92. The smallest absolute Gasteiger partial charge is 0.257 e. The largest absolute Gasteiger partial charge is 0.496 e. The molecule has 0 bridgehead atoms. The number of carbonyl (C=O) groups is 2. The maximum atomic E-state index is 14.1. The second-order valence-electron chi connectivity index (χ2n) is 12.5. The van der Waals surface area contributed by atoms with Gasteiger partial charge in [-0.2, -0.15) is 0 Å². The molecule has 0 saturated carbocycles. The molecule has 45 heavy (non-hydrogen) atoms. The number of likely N-dealkylation sites (tertiary alicyclic amines) is 2. The number of carbonyl (C=O) groups excluding carboxylic acids is 2. The van der Waals surface area contributed by atoms with E-state index in [1.54, 1.807) is 31.6 Å². The van der Waals surface area contributed by atoms with E-state index in [2.05, 4.69) is 57.5 Å². The maximum Gasteiger partial charge on any atom is 0.257 e. The molecule has 0 aliphatic carbocycles. The third-order valence-electron chi connectivity index (χ3n) is 10.1. The number of tetrazole rings is 1. The third-order valence-corrected chi connectivity index (χ3v) is 10.1. The number of aromatic nitrogens is 5. The van der Waals surface area contributed by atoms with E-state index < -0.39 is 5.41 Å². The number of nitrogens with zero attached hydrogens (tertiary/aromatic N) is 7. The van der Waals surface area contributed by atoms with Crippen molar-refractivity contribution in [3.8, 4) is 11.4 Å². The van der Waals surface area contributed by atoms with Crippen LogP contribution < -0.4 is 10.5 Å². The summed E-state index contributed by atoms with van der Waals surface area (Å²) >= 11 is 0. The zero-order valence-electron chi connectivity index (χ0n) is 26.1. The van der Waals surface area contributed by atoms with Crippen LogP contribution in [-0.4, -0.2) is 86.6 Å². The molecule has 4 heterocycles. The summed E-state index contributed by atoms with van der Waals surface area (Å²) in [5.41, 5.74) is 11.0. The third kappa shape index (κ3) is 5.80. The maximum absolute atomic E-state index is 14.1. The van der Waals surface area contributed by atoms with Gasteiger partial charge >= 0.3 is 0 Å². The van der Waals surface area contributed by atoms with Gasteiger partial charge in [0.25, 0.3) is 5.91 Å². The second-order valence-corrected chi connectivity index (χ2v) is 12.5. The van der Waals surface area contributed by atoms with E-state index in [1.165, 1.54) is 27.7 Å². The van der Waals surface area contributed by atoms with Crippen molar-refractivity contribution < 1.29 is 14.3 Å². The van der Waals surface area contributed by atoms with Crippen LogP contribution >= 0.6 is 0 Å². The highest BCUT2D eigenvalue weighted by atomic mass is 16.5.